The smallest absolute Gasteiger partial charge is 0.266 e. The number of rotatable bonds is 16. The van der Waals surface area contributed by atoms with Gasteiger partial charge in [-0.3, -0.25) is 39.0 Å². The van der Waals surface area contributed by atoms with Crippen LogP contribution in [-0.4, -0.2) is 132 Å². The number of anilines is 3. The number of amides is 6. The first kappa shape index (κ1) is 45.1. The molecular weight excluding hydrogens is 913 g/mol. The second-order valence-electron chi connectivity index (χ2n) is 17.1. The van der Waals surface area contributed by atoms with E-state index < -0.39 is 45.6 Å². The third kappa shape index (κ3) is 9.48. The number of nitrogens with two attached hydrogens (primary N) is 1. The number of nitrogens with zero attached hydrogens (tertiary/aromatic N) is 5. The molecule has 6 N–H and O–H groups in total. The molecule has 4 fully saturated rings. The monoisotopic (exact) mass is 962 g/mol. The Morgan fingerprint density at radius 2 is 1.78 bits per heavy atom. The van der Waals surface area contributed by atoms with Gasteiger partial charge in [-0.2, -0.15) is 4.98 Å². The number of likely N-dealkylation sites (tertiary alicyclic amines) is 1. The first-order chi connectivity index (χ1) is 30.6. The van der Waals surface area contributed by atoms with E-state index in [-0.39, 0.29) is 71.9 Å². The lowest BCUT2D eigenvalue weighted by Gasteiger charge is -2.38. The summed E-state index contributed by atoms with van der Waals surface area (Å²) in [6.07, 6.45) is 5.88. The number of hydrogen-bond acceptors (Lipinski definition) is 14. The van der Waals surface area contributed by atoms with Crippen LogP contribution < -0.4 is 31.7 Å². The van der Waals surface area contributed by atoms with Gasteiger partial charge in [-0.05, 0) is 104 Å². The molecule has 1 spiro atoms. The number of ether oxygens (including phenoxy) is 1. The van der Waals surface area contributed by atoms with Gasteiger partial charge in [0.15, 0.2) is 0 Å². The number of nitrogens with one attached hydrogen (secondary N) is 4. The summed E-state index contributed by atoms with van der Waals surface area (Å²) in [7, 11) is -3.62. The highest BCUT2D eigenvalue weighted by Crippen LogP contribution is 2.55. The summed E-state index contributed by atoms with van der Waals surface area (Å²) in [5, 5.41) is 11.6. The molecule has 0 bridgehead atoms. The Morgan fingerprint density at radius 3 is 2.52 bits per heavy atom. The van der Waals surface area contributed by atoms with Crippen molar-refractivity contribution in [2.75, 3.05) is 62.3 Å². The lowest BCUT2D eigenvalue weighted by molar-refractivity contribution is -0.136. The second kappa shape index (κ2) is 18.5. The molecule has 5 aliphatic rings. The fraction of sp³-hybridized carbons (Fsp3) is 0.488. The quantitative estimate of drug-likeness (QED) is 0.102. The number of fused-ring (bicyclic) bond motifs is 1. The van der Waals surface area contributed by atoms with Gasteiger partial charge in [0.25, 0.3) is 17.7 Å². The van der Waals surface area contributed by atoms with E-state index in [1.807, 2.05) is 6.07 Å². The standard InChI is InChI=1S/C43H51BrN10O9S/c1-25-5-2-7-30(34(25)36(45)56)49-37-29(44)23-47-42(51-37)48-26-11-19-53(20-12-26)64(61,62)22-16-46-38(57)28-13-18-52(24-43(28)14-15-43)17-4-21-63-32-8-3-6-27-35(32)41(60)54(40(27)59)31-9-10-33(55)50-39(31)58/h2-3,5-8,23,26,28,31H,4,9-22,24H2,1H3,(H2,45,56)(H,46,57)(H,50,55,58)(H2,47,48,49,51). The van der Waals surface area contributed by atoms with Crippen LogP contribution in [0.25, 0.3) is 0 Å². The van der Waals surface area contributed by atoms with Crippen LogP contribution in [0.1, 0.15) is 88.0 Å². The summed E-state index contributed by atoms with van der Waals surface area (Å²) >= 11 is 3.46. The maximum absolute atomic E-state index is 13.5. The van der Waals surface area contributed by atoms with Gasteiger partial charge in [0.05, 0.1) is 39.2 Å². The second-order valence-corrected chi connectivity index (χ2v) is 20.1. The molecular formula is C43H51BrN10O9S. The van der Waals surface area contributed by atoms with Gasteiger partial charge in [0.1, 0.15) is 17.6 Å². The molecule has 8 rings (SSSR count). The van der Waals surface area contributed by atoms with Crippen LogP contribution in [0.3, 0.4) is 0 Å². The van der Waals surface area contributed by atoms with Crippen molar-refractivity contribution in [1.82, 2.24) is 34.7 Å². The van der Waals surface area contributed by atoms with Crippen molar-refractivity contribution in [2.24, 2.45) is 17.1 Å². The Kier molecular flexibility index (Phi) is 13.1. The number of primary amides is 1. The van der Waals surface area contributed by atoms with Crippen molar-refractivity contribution >= 4 is 78.8 Å². The van der Waals surface area contributed by atoms with Crippen LogP contribution in [-0.2, 0) is 24.4 Å². The normalized spacial score (nSPS) is 21.4. The number of halogens is 1. The molecule has 4 aliphatic heterocycles. The van der Waals surface area contributed by atoms with Crippen LogP contribution in [0.5, 0.6) is 5.75 Å². The van der Waals surface area contributed by atoms with E-state index in [2.05, 4.69) is 52.1 Å². The van der Waals surface area contributed by atoms with Gasteiger partial charge in [0, 0.05) is 57.3 Å². The zero-order valence-corrected chi connectivity index (χ0v) is 37.8. The Labute approximate surface area is 378 Å². The van der Waals surface area contributed by atoms with E-state index >= 15 is 0 Å². The van der Waals surface area contributed by atoms with Crippen LogP contribution in [0, 0.1) is 18.3 Å². The zero-order valence-electron chi connectivity index (χ0n) is 35.4. The van der Waals surface area contributed by atoms with Crippen LogP contribution >= 0.6 is 15.9 Å². The molecule has 0 radical (unpaired) electrons. The topological polar surface area (TPSA) is 255 Å². The summed E-state index contributed by atoms with van der Waals surface area (Å²) in [4.78, 5) is 88.4. The number of carbonyl (C=O) groups is 6. The Balaban J connectivity index is 0.756. The molecule has 340 valence electrons. The summed E-state index contributed by atoms with van der Waals surface area (Å²) < 4.78 is 34.8. The van der Waals surface area contributed by atoms with Gasteiger partial charge in [-0.25, -0.2) is 17.7 Å². The third-order valence-corrected chi connectivity index (χ3v) is 15.3. The molecule has 6 amide bonds. The van der Waals surface area contributed by atoms with E-state index in [9.17, 15) is 37.2 Å². The molecule has 1 aromatic heterocycles. The zero-order chi connectivity index (χ0) is 45.3. The maximum Gasteiger partial charge on any atom is 0.266 e. The fourth-order valence-electron chi connectivity index (χ4n) is 9.36. The molecule has 19 nitrogen and oxygen atoms in total. The minimum Gasteiger partial charge on any atom is -0.493 e. The molecule has 3 aromatic rings. The Hall–Kier alpha value is -5.51. The van der Waals surface area contributed by atoms with Crippen LogP contribution in [0.15, 0.2) is 47.1 Å². The summed E-state index contributed by atoms with van der Waals surface area (Å²) in [6, 6.07) is 9.00. The highest BCUT2D eigenvalue weighted by Gasteiger charge is 2.55. The number of hydrogen-bond donors (Lipinski definition) is 5. The molecule has 64 heavy (non-hydrogen) atoms. The molecule has 2 unspecified atom stereocenters. The van der Waals surface area contributed by atoms with Gasteiger partial charge < -0.3 is 31.3 Å². The average molecular weight is 964 g/mol. The van der Waals surface area contributed by atoms with E-state index in [4.69, 9.17) is 10.5 Å². The maximum atomic E-state index is 13.5. The summed E-state index contributed by atoms with van der Waals surface area (Å²) in [6.45, 7) is 4.86. The first-order valence-corrected chi connectivity index (χ1v) is 23.9. The minimum atomic E-state index is -3.62. The van der Waals surface area contributed by atoms with Crippen LogP contribution in [0.4, 0.5) is 17.5 Å². The number of sulfonamides is 1. The fourth-order valence-corrected chi connectivity index (χ4v) is 11.0. The van der Waals surface area contributed by atoms with E-state index in [1.54, 1.807) is 37.4 Å². The van der Waals surface area contributed by atoms with Crippen molar-refractivity contribution in [2.45, 2.75) is 70.4 Å². The molecule has 5 heterocycles. The number of benzene rings is 2. The minimum absolute atomic E-state index is 0.0243. The van der Waals surface area contributed by atoms with Gasteiger partial charge in [0.2, 0.25) is 33.7 Å². The van der Waals surface area contributed by atoms with Crippen molar-refractivity contribution < 1.29 is 41.9 Å². The SMILES string of the molecule is Cc1cccc(Nc2nc(NC3CCN(S(=O)(=O)CCNC(=O)C4CCN(CCCOc5cccc6c5C(=O)N(C5CCC(=O)NC5=O)C6=O)CC45CC5)CC3)ncc2Br)c1C(N)=O. The van der Waals surface area contributed by atoms with Crippen molar-refractivity contribution in [1.29, 1.82) is 0 Å². The lowest BCUT2D eigenvalue weighted by Crippen LogP contribution is -2.54. The summed E-state index contributed by atoms with van der Waals surface area (Å²) in [5.41, 5.74) is 7.36. The molecule has 1 aliphatic carbocycles. The number of aryl methyl sites for hydroxylation is 1. The predicted molar refractivity (Wildman–Crippen MR) is 237 cm³/mol. The molecule has 21 heteroatoms. The van der Waals surface area contributed by atoms with Gasteiger partial charge in [-0.1, -0.05) is 18.2 Å². The average Bonchev–Trinajstić information content (AvgIpc) is 3.96. The number of aromatic nitrogens is 2. The van der Waals surface area contributed by atoms with Gasteiger partial charge in [-0.15, -0.1) is 0 Å². The summed E-state index contributed by atoms with van der Waals surface area (Å²) in [5.74, 6) is -2.34. The van der Waals surface area contributed by atoms with Crippen molar-refractivity contribution in [3.63, 3.8) is 0 Å². The Bertz CT molecular complexity index is 2490. The van der Waals surface area contributed by atoms with E-state index in [0.717, 1.165) is 29.8 Å². The molecule has 2 aromatic carbocycles. The van der Waals surface area contributed by atoms with E-state index in [1.165, 1.54) is 10.4 Å². The third-order valence-electron chi connectivity index (χ3n) is 12.9. The van der Waals surface area contributed by atoms with Crippen molar-refractivity contribution in [3.8, 4) is 5.75 Å². The Morgan fingerprint density at radius 1 is 1.02 bits per heavy atom. The predicted octanol–water partition coefficient (Wildman–Crippen LogP) is 2.68. The molecule has 2 atom stereocenters. The highest BCUT2D eigenvalue weighted by molar-refractivity contribution is 9.10. The number of piperidine rings is 3. The molecule has 3 saturated heterocycles. The first-order valence-electron chi connectivity index (χ1n) is 21.5. The van der Waals surface area contributed by atoms with Crippen LogP contribution in [0.2, 0.25) is 0 Å². The van der Waals surface area contributed by atoms with E-state index in [0.29, 0.717) is 79.4 Å². The van der Waals surface area contributed by atoms with Crippen molar-refractivity contribution in [3.05, 3.63) is 69.3 Å². The lowest BCUT2D eigenvalue weighted by atomic mass is 9.81. The number of carbonyl (C=O) groups excluding carboxylic acids is 6. The number of imide groups is 2. The molecule has 1 saturated carbocycles. The largest absolute Gasteiger partial charge is 0.493 e. The highest BCUT2D eigenvalue weighted by atomic mass is 79.9. The van der Waals surface area contributed by atoms with Gasteiger partial charge >= 0.3 is 0 Å².